The minimum Gasteiger partial charge on any atom is -0.325 e. The molecular formula is C10H10N4S. The van der Waals surface area contributed by atoms with Crippen LogP contribution in [0.3, 0.4) is 0 Å². The van der Waals surface area contributed by atoms with Gasteiger partial charge in [0.1, 0.15) is 10.1 Å². The van der Waals surface area contributed by atoms with Crippen LogP contribution in [0, 0.1) is 0 Å². The molecule has 2 heterocycles. The molecule has 2 rings (SSSR count). The summed E-state index contributed by atoms with van der Waals surface area (Å²) >= 11 is 1.48. The maximum absolute atomic E-state index is 5.43. The van der Waals surface area contributed by atoms with Crippen LogP contribution in [0.1, 0.15) is 5.69 Å². The predicted octanol–water partition coefficient (Wildman–Crippen LogP) is 1.48. The fraction of sp³-hybridized carbons (Fsp3) is 0.100. The Kier molecular flexibility index (Phi) is 3.26. The Morgan fingerprint density at radius 2 is 2.00 bits per heavy atom. The molecular weight excluding hydrogens is 208 g/mol. The third-order valence-corrected chi connectivity index (χ3v) is 2.61. The van der Waals surface area contributed by atoms with Crippen LogP contribution in [-0.2, 0) is 6.54 Å². The highest BCUT2D eigenvalue weighted by Gasteiger charge is 1.99. The summed E-state index contributed by atoms with van der Waals surface area (Å²) in [5, 5.41) is 1.73. The largest absolute Gasteiger partial charge is 0.325 e. The zero-order valence-corrected chi connectivity index (χ0v) is 8.81. The van der Waals surface area contributed by atoms with Crippen molar-refractivity contribution in [2.24, 2.45) is 5.73 Å². The predicted molar refractivity (Wildman–Crippen MR) is 58.3 cm³/mol. The summed E-state index contributed by atoms with van der Waals surface area (Å²) in [6, 6.07) is 5.76. The Bertz CT molecular complexity index is 415. The molecule has 2 N–H and O–H groups in total. The number of hydrogen-bond acceptors (Lipinski definition) is 5. The molecule has 0 saturated heterocycles. The fourth-order valence-corrected chi connectivity index (χ4v) is 1.70. The SMILES string of the molecule is NCc1cnc(Sc2ccccn2)cn1. The van der Waals surface area contributed by atoms with Crippen molar-refractivity contribution in [3.05, 3.63) is 42.5 Å². The van der Waals surface area contributed by atoms with Gasteiger partial charge in [-0.05, 0) is 23.9 Å². The molecule has 2 aromatic heterocycles. The first kappa shape index (κ1) is 10.1. The lowest BCUT2D eigenvalue weighted by molar-refractivity contribution is 0.922. The van der Waals surface area contributed by atoms with E-state index in [0.29, 0.717) is 6.54 Å². The molecule has 15 heavy (non-hydrogen) atoms. The van der Waals surface area contributed by atoms with Crippen molar-refractivity contribution in [3.63, 3.8) is 0 Å². The van der Waals surface area contributed by atoms with E-state index in [9.17, 15) is 0 Å². The second-order valence-electron chi connectivity index (χ2n) is 2.82. The lowest BCUT2D eigenvalue weighted by atomic mass is 10.5. The van der Waals surface area contributed by atoms with Crippen LogP contribution >= 0.6 is 11.8 Å². The van der Waals surface area contributed by atoms with Crippen molar-refractivity contribution < 1.29 is 0 Å². The van der Waals surface area contributed by atoms with Gasteiger partial charge >= 0.3 is 0 Å². The van der Waals surface area contributed by atoms with E-state index in [1.165, 1.54) is 11.8 Å². The Morgan fingerprint density at radius 1 is 1.07 bits per heavy atom. The van der Waals surface area contributed by atoms with E-state index in [0.717, 1.165) is 15.7 Å². The van der Waals surface area contributed by atoms with Gasteiger partial charge in [-0.1, -0.05) is 6.07 Å². The van der Waals surface area contributed by atoms with Crippen LogP contribution in [0.25, 0.3) is 0 Å². The fourth-order valence-electron chi connectivity index (χ4n) is 1.02. The first-order valence-electron chi connectivity index (χ1n) is 4.48. The summed E-state index contributed by atoms with van der Waals surface area (Å²) in [5.74, 6) is 0. The molecule has 0 aliphatic heterocycles. The van der Waals surface area contributed by atoms with Crippen LogP contribution in [0.4, 0.5) is 0 Å². The van der Waals surface area contributed by atoms with Crippen LogP contribution in [-0.4, -0.2) is 15.0 Å². The molecule has 0 aliphatic rings. The van der Waals surface area contributed by atoms with Crippen molar-refractivity contribution in [2.75, 3.05) is 0 Å². The Morgan fingerprint density at radius 3 is 2.60 bits per heavy atom. The Hall–Kier alpha value is -1.46. The second-order valence-corrected chi connectivity index (χ2v) is 3.86. The summed E-state index contributed by atoms with van der Waals surface area (Å²) in [4.78, 5) is 12.6. The van der Waals surface area contributed by atoms with Crippen molar-refractivity contribution in [3.8, 4) is 0 Å². The van der Waals surface area contributed by atoms with Gasteiger partial charge in [-0.15, -0.1) is 0 Å². The van der Waals surface area contributed by atoms with Gasteiger partial charge < -0.3 is 5.73 Å². The first-order chi connectivity index (χ1) is 7.38. The number of hydrogen-bond donors (Lipinski definition) is 1. The molecule has 0 saturated carbocycles. The third kappa shape index (κ3) is 2.74. The Balaban J connectivity index is 2.11. The third-order valence-electron chi connectivity index (χ3n) is 1.74. The highest BCUT2D eigenvalue weighted by atomic mass is 32.2. The van der Waals surface area contributed by atoms with Gasteiger partial charge in [-0.25, -0.2) is 9.97 Å². The van der Waals surface area contributed by atoms with Gasteiger partial charge in [0.05, 0.1) is 18.1 Å². The number of rotatable bonds is 3. The van der Waals surface area contributed by atoms with Crippen molar-refractivity contribution >= 4 is 11.8 Å². The quantitative estimate of drug-likeness (QED) is 0.845. The van der Waals surface area contributed by atoms with E-state index in [4.69, 9.17) is 5.73 Å². The number of nitrogens with zero attached hydrogens (tertiary/aromatic N) is 3. The smallest absolute Gasteiger partial charge is 0.121 e. The van der Waals surface area contributed by atoms with E-state index >= 15 is 0 Å². The number of nitrogens with two attached hydrogens (primary N) is 1. The zero-order valence-electron chi connectivity index (χ0n) is 8.00. The van der Waals surface area contributed by atoms with Gasteiger partial charge in [-0.2, -0.15) is 0 Å². The van der Waals surface area contributed by atoms with Crippen LogP contribution < -0.4 is 5.73 Å². The molecule has 0 aliphatic carbocycles. The average molecular weight is 218 g/mol. The van der Waals surface area contributed by atoms with Gasteiger partial charge in [-0.3, -0.25) is 4.98 Å². The molecule has 2 aromatic rings. The monoisotopic (exact) mass is 218 g/mol. The Labute approximate surface area is 92.0 Å². The topological polar surface area (TPSA) is 64.7 Å². The van der Waals surface area contributed by atoms with E-state index in [1.54, 1.807) is 18.6 Å². The van der Waals surface area contributed by atoms with Crippen molar-refractivity contribution in [1.82, 2.24) is 15.0 Å². The molecule has 76 valence electrons. The highest BCUT2D eigenvalue weighted by molar-refractivity contribution is 7.99. The normalized spacial score (nSPS) is 10.2. The van der Waals surface area contributed by atoms with Crippen molar-refractivity contribution in [2.45, 2.75) is 16.6 Å². The van der Waals surface area contributed by atoms with E-state index in [2.05, 4.69) is 15.0 Å². The number of pyridine rings is 1. The summed E-state index contributed by atoms with van der Waals surface area (Å²) in [7, 11) is 0. The van der Waals surface area contributed by atoms with Gasteiger partial charge in [0.25, 0.3) is 0 Å². The van der Waals surface area contributed by atoms with E-state index < -0.39 is 0 Å². The standard InChI is InChI=1S/C10H10N4S/c11-5-8-6-14-10(7-13-8)15-9-3-1-2-4-12-9/h1-4,6-7H,5,11H2. The molecule has 4 nitrogen and oxygen atoms in total. The summed E-state index contributed by atoms with van der Waals surface area (Å²) in [5.41, 5.74) is 6.22. The average Bonchev–Trinajstić information content (AvgIpc) is 2.31. The minimum absolute atomic E-state index is 0.418. The molecule has 0 aromatic carbocycles. The van der Waals surface area contributed by atoms with Crippen LogP contribution in [0.2, 0.25) is 0 Å². The maximum atomic E-state index is 5.43. The van der Waals surface area contributed by atoms with Gasteiger partial charge in [0, 0.05) is 12.7 Å². The lowest BCUT2D eigenvalue weighted by Crippen LogP contribution is -2.00. The summed E-state index contributed by atoms with van der Waals surface area (Å²) < 4.78 is 0. The molecule has 5 heteroatoms. The summed E-state index contributed by atoms with van der Waals surface area (Å²) in [6.45, 7) is 0.418. The molecule has 0 radical (unpaired) electrons. The first-order valence-corrected chi connectivity index (χ1v) is 5.30. The molecule has 0 spiro atoms. The van der Waals surface area contributed by atoms with Gasteiger partial charge in [0.2, 0.25) is 0 Å². The van der Waals surface area contributed by atoms with E-state index in [-0.39, 0.29) is 0 Å². The zero-order chi connectivity index (χ0) is 10.5. The molecule has 0 fully saturated rings. The van der Waals surface area contributed by atoms with Crippen molar-refractivity contribution in [1.29, 1.82) is 0 Å². The van der Waals surface area contributed by atoms with Gasteiger partial charge in [0.15, 0.2) is 0 Å². The lowest BCUT2D eigenvalue weighted by Gasteiger charge is -1.99. The van der Waals surface area contributed by atoms with Crippen LogP contribution in [0.15, 0.2) is 46.8 Å². The molecule has 0 bridgehead atoms. The number of aromatic nitrogens is 3. The second kappa shape index (κ2) is 4.86. The van der Waals surface area contributed by atoms with E-state index in [1.807, 2.05) is 18.2 Å². The minimum atomic E-state index is 0.418. The maximum Gasteiger partial charge on any atom is 0.121 e. The molecule has 0 unspecified atom stereocenters. The molecule has 0 amide bonds. The highest BCUT2D eigenvalue weighted by Crippen LogP contribution is 2.22. The van der Waals surface area contributed by atoms with Crippen LogP contribution in [0.5, 0.6) is 0 Å². The molecule has 0 atom stereocenters. The summed E-state index contributed by atoms with van der Waals surface area (Å²) in [6.07, 6.45) is 5.15.